The van der Waals surface area contributed by atoms with Crippen molar-refractivity contribution in [3.05, 3.63) is 29.8 Å². The molecule has 4 nitrogen and oxygen atoms in total. The predicted octanol–water partition coefficient (Wildman–Crippen LogP) is 1.78. The van der Waals surface area contributed by atoms with Crippen LogP contribution in [-0.4, -0.2) is 26.3 Å². The fourth-order valence-electron chi connectivity index (χ4n) is 1.48. The first-order chi connectivity index (χ1) is 8.02. The van der Waals surface area contributed by atoms with E-state index >= 15 is 0 Å². The first-order valence-electron chi connectivity index (χ1n) is 5.44. The molecule has 0 amide bonds. The Hall–Kier alpha value is -1.38. The van der Waals surface area contributed by atoms with Gasteiger partial charge in [-0.1, -0.05) is 25.5 Å². The van der Waals surface area contributed by atoms with Crippen molar-refractivity contribution in [3.63, 3.8) is 0 Å². The highest BCUT2D eigenvalue weighted by Crippen LogP contribution is 2.15. The second-order valence-electron chi connectivity index (χ2n) is 3.81. The second kappa shape index (κ2) is 5.80. The molecule has 1 rings (SSSR count). The zero-order valence-corrected chi connectivity index (χ0v) is 10.9. The molecule has 0 heterocycles. The van der Waals surface area contributed by atoms with Crippen LogP contribution in [-0.2, 0) is 16.4 Å². The summed E-state index contributed by atoms with van der Waals surface area (Å²) in [6, 6.07) is 8.64. The van der Waals surface area contributed by atoms with Gasteiger partial charge in [0.25, 0.3) is 0 Å². The summed E-state index contributed by atoms with van der Waals surface area (Å²) in [5, 5.41) is 8.50. The molecule has 1 aromatic carbocycles. The molecule has 0 aromatic heterocycles. The van der Waals surface area contributed by atoms with Crippen molar-refractivity contribution >= 4 is 10.0 Å². The van der Waals surface area contributed by atoms with Crippen molar-refractivity contribution in [2.75, 3.05) is 13.6 Å². The normalized spacial score (nSPS) is 11.4. The topological polar surface area (TPSA) is 61.2 Å². The van der Waals surface area contributed by atoms with Gasteiger partial charge < -0.3 is 0 Å². The summed E-state index contributed by atoms with van der Waals surface area (Å²) in [5.74, 6) is 0. The zero-order valence-electron chi connectivity index (χ0n) is 10.0. The number of sulfonamides is 1. The summed E-state index contributed by atoms with van der Waals surface area (Å²) in [5.41, 5.74) is 1.12. The van der Waals surface area contributed by atoms with E-state index in [1.165, 1.54) is 7.05 Å². The molecule has 92 valence electrons. The second-order valence-corrected chi connectivity index (χ2v) is 5.86. The van der Waals surface area contributed by atoms with Gasteiger partial charge in [-0.3, -0.25) is 0 Å². The lowest BCUT2D eigenvalue weighted by Gasteiger charge is -2.13. The highest BCUT2D eigenvalue weighted by Gasteiger charge is 2.19. The van der Waals surface area contributed by atoms with Gasteiger partial charge in [-0.2, -0.15) is 9.57 Å². The van der Waals surface area contributed by atoms with Crippen LogP contribution >= 0.6 is 0 Å². The lowest BCUT2D eigenvalue weighted by molar-refractivity contribution is 0.501. The molecule has 0 radical (unpaired) electrons. The van der Waals surface area contributed by atoms with Gasteiger partial charge in [-0.15, -0.1) is 0 Å². The maximum Gasteiger partial charge on any atom is 0.243 e. The molecule has 5 heteroatoms. The van der Waals surface area contributed by atoms with Crippen LogP contribution in [0, 0.1) is 11.3 Å². The number of hydrogen-bond donors (Lipinski definition) is 0. The molecule has 0 fully saturated rings. The Morgan fingerprint density at radius 2 is 1.88 bits per heavy atom. The SMILES string of the molecule is CCCc1ccc(S(=O)(=O)N(C)CC#N)cc1. The number of nitrogens with zero attached hydrogens (tertiary/aromatic N) is 2. The fraction of sp³-hybridized carbons (Fsp3) is 0.417. The minimum atomic E-state index is -3.52. The van der Waals surface area contributed by atoms with Gasteiger partial charge >= 0.3 is 0 Å². The molecule has 0 atom stereocenters. The highest BCUT2D eigenvalue weighted by molar-refractivity contribution is 7.89. The van der Waals surface area contributed by atoms with Crippen LogP contribution in [0.5, 0.6) is 0 Å². The highest BCUT2D eigenvalue weighted by atomic mass is 32.2. The lowest BCUT2D eigenvalue weighted by Crippen LogP contribution is -2.27. The largest absolute Gasteiger partial charge is 0.243 e. The summed E-state index contributed by atoms with van der Waals surface area (Å²) in [6.07, 6.45) is 1.97. The van der Waals surface area contributed by atoms with Crippen molar-refractivity contribution in [1.29, 1.82) is 5.26 Å². The Labute approximate surface area is 103 Å². The fourth-order valence-corrected chi connectivity index (χ4v) is 2.55. The minimum Gasteiger partial charge on any atom is -0.207 e. The van der Waals surface area contributed by atoms with Crippen LogP contribution in [0.2, 0.25) is 0 Å². The van der Waals surface area contributed by atoms with Crippen molar-refractivity contribution in [2.45, 2.75) is 24.7 Å². The summed E-state index contributed by atoms with van der Waals surface area (Å²) < 4.78 is 25.0. The Balaban J connectivity index is 2.97. The van der Waals surface area contributed by atoms with Crippen LogP contribution in [0.25, 0.3) is 0 Å². The average molecular weight is 252 g/mol. The standard InChI is InChI=1S/C12H16N2O2S/c1-3-4-11-5-7-12(8-6-11)17(15,16)14(2)10-9-13/h5-8H,3-4,10H2,1-2H3. The Kier molecular flexibility index (Phi) is 4.67. The number of hydrogen-bond acceptors (Lipinski definition) is 3. The minimum absolute atomic E-state index is 0.140. The van der Waals surface area contributed by atoms with E-state index in [0.717, 1.165) is 22.7 Å². The van der Waals surface area contributed by atoms with E-state index < -0.39 is 10.0 Å². The van der Waals surface area contributed by atoms with Gasteiger partial charge in [0.1, 0.15) is 6.54 Å². The molecule has 0 saturated heterocycles. The molecular formula is C12H16N2O2S. The molecule has 0 aliphatic rings. The molecule has 0 N–H and O–H groups in total. The maximum absolute atomic E-state index is 12.0. The van der Waals surface area contributed by atoms with E-state index in [0.29, 0.717) is 0 Å². The Morgan fingerprint density at radius 1 is 1.29 bits per heavy atom. The van der Waals surface area contributed by atoms with Crippen LogP contribution in [0.3, 0.4) is 0 Å². The van der Waals surface area contributed by atoms with Crippen molar-refractivity contribution in [1.82, 2.24) is 4.31 Å². The number of nitriles is 1. The van der Waals surface area contributed by atoms with Crippen molar-refractivity contribution in [3.8, 4) is 6.07 Å². The molecule has 0 aliphatic carbocycles. The summed E-state index contributed by atoms with van der Waals surface area (Å²) in [4.78, 5) is 0.232. The van der Waals surface area contributed by atoms with Gasteiger partial charge in [0.2, 0.25) is 10.0 Å². The number of benzene rings is 1. The van der Waals surface area contributed by atoms with E-state index in [2.05, 4.69) is 6.92 Å². The van der Waals surface area contributed by atoms with E-state index in [1.54, 1.807) is 12.1 Å². The summed E-state index contributed by atoms with van der Waals surface area (Å²) in [7, 11) is -2.12. The maximum atomic E-state index is 12.0. The Bertz CT molecular complexity index is 500. The van der Waals surface area contributed by atoms with Gasteiger partial charge in [0, 0.05) is 7.05 Å². The van der Waals surface area contributed by atoms with Gasteiger partial charge in [0.15, 0.2) is 0 Å². The van der Waals surface area contributed by atoms with Crippen LogP contribution in [0.15, 0.2) is 29.2 Å². The molecule has 0 spiro atoms. The van der Waals surface area contributed by atoms with Crippen molar-refractivity contribution in [2.24, 2.45) is 0 Å². The zero-order chi connectivity index (χ0) is 12.9. The van der Waals surface area contributed by atoms with E-state index in [-0.39, 0.29) is 11.4 Å². The first-order valence-corrected chi connectivity index (χ1v) is 6.88. The summed E-state index contributed by atoms with van der Waals surface area (Å²) >= 11 is 0. The first kappa shape index (κ1) is 13.7. The molecule has 0 saturated carbocycles. The third-order valence-electron chi connectivity index (χ3n) is 2.46. The van der Waals surface area contributed by atoms with E-state index in [9.17, 15) is 8.42 Å². The van der Waals surface area contributed by atoms with Gasteiger partial charge in [-0.05, 0) is 24.1 Å². The van der Waals surface area contributed by atoms with Crippen molar-refractivity contribution < 1.29 is 8.42 Å². The van der Waals surface area contributed by atoms with Gasteiger partial charge in [0.05, 0.1) is 11.0 Å². The predicted molar refractivity (Wildman–Crippen MR) is 65.9 cm³/mol. The Morgan fingerprint density at radius 3 is 2.35 bits per heavy atom. The molecule has 17 heavy (non-hydrogen) atoms. The molecule has 1 aromatic rings. The molecular weight excluding hydrogens is 236 g/mol. The monoisotopic (exact) mass is 252 g/mol. The summed E-state index contributed by atoms with van der Waals surface area (Å²) in [6.45, 7) is 1.93. The third-order valence-corrected chi connectivity index (χ3v) is 4.28. The van der Waals surface area contributed by atoms with Crippen LogP contribution in [0.4, 0.5) is 0 Å². The molecule has 0 aliphatic heterocycles. The quantitative estimate of drug-likeness (QED) is 0.750. The smallest absolute Gasteiger partial charge is 0.207 e. The van der Waals surface area contributed by atoms with E-state index in [1.807, 2.05) is 18.2 Å². The van der Waals surface area contributed by atoms with Crippen LogP contribution < -0.4 is 0 Å². The molecule has 0 unspecified atom stereocenters. The van der Waals surface area contributed by atoms with Gasteiger partial charge in [-0.25, -0.2) is 8.42 Å². The third kappa shape index (κ3) is 3.29. The lowest BCUT2D eigenvalue weighted by atomic mass is 10.1. The van der Waals surface area contributed by atoms with Crippen LogP contribution in [0.1, 0.15) is 18.9 Å². The van der Waals surface area contributed by atoms with E-state index in [4.69, 9.17) is 5.26 Å². The number of aryl methyl sites for hydroxylation is 1. The number of rotatable bonds is 5. The molecule has 0 bridgehead atoms. The average Bonchev–Trinajstić information content (AvgIpc) is 2.30.